The van der Waals surface area contributed by atoms with Gasteiger partial charge in [-0.25, -0.2) is 4.79 Å². The van der Waals surface area contributed by atoms with E-state index in [9.17, 15) is 9.59 Å². The quantitative estimate of drug-likeness (QED) is 0.311. The van der Waals surface area contributed by atoms with E-state index < -0.39 is 5.97 Å². The number of carbonyl (C=O) groups is 2. The van der Waals surface area contributed by atoms with E-state index in [-0.39, 0.29) is 5.71 Å². The number of nitrogens with zero attached hydrogens (tertiary/aromatic N) is 1. The third-order valence-corrected chi connectivity index (χ3v) is 1.45. The molecule has 72 valence electrons. The number of benzene rings is 1. The molecule has 0 spiro atoms. The summed E-state index contributed by atoms with van der Waals surface area (Å²) in [4.78, 5) is 25.4. The molecule has 0 saturated heterocycles. The van der Waals surface area contributed by atoms with Gasteiger partial charge in [0.15, 0.2) is 6.29 Å². The van der Waals surface area contributed by atoms with E-state index in [1.54, 1.807) is 24.3 Å². The van der Waals surface area contributed by atoms with E-state index in [0.29, 0.717) is 11.8 Å². The first-order chi connectivity index (χ1) is 6.74. The molecule has 0 aliphatic carbocycles. The van der Waals surface area contributed by atoms with Crippen molar-refractivity contribution in [1.82, 2.24) is 0 Å². The second kappa shape index (κ2) is 4.91. The minimum absolute atomic E-state index is 0.0980. The fourth-order valence-corrected chi connectivity index (χ4v) is 0.865. The number of oxime groups is 1. The SMILES string of the molecule is CC(=O)ON=C(C=O)c1ccccc1. The van der Waals surface area contributed by atoms with Gasteiger partial charge in [-0.1, -0.05) is 35.5 Å². The Morgan fingerprint density at radius 1 is 1.36 bits per heavy atom. The minimum Gasteiger partial charge on any atom is -0.318 e. The lowest BCUT2D eigenvalue weighted by molar-refractivity contribution is -0.140. The van der Waals surface area contributed by atoms with Crippen molar-refractivity contribution in [2.24, 2.45) is 5.16 Å². The first-order valence-electron chi connectivity index (χ1n) is 4.00. The molecule has 4 heteroatoms. The van der Waals surface area contributed by atoms with Crippen LogP contribution in [0.3, 0.4) is 0 Å². The topological polar surface area (TPSA) is 55.7 Å². The molecule has 0 N–H and O–H groups in total. The molecule has 0 aromatic heterocycles. The van der Waals surface area contributed by atoms with Gasteiger partial charge in [-0.3, -0.25) is 4.79 Å². The molecule has 1 aromatic carbocycles. The highest BCUT2D eigenvalue weighted by Crippen LogP contribution is 2.00. The normalized spacial score (nSPS) is 10.8. The van der Waals surface area contributed by atoms with E-state index in [2.05, 4.69) is 9.99 Å². The molecular formula is C10H9NO3. The number of rotatable bonds is 3. The van der Waals surface area contributed by atoms with Crippen LogP contribution in [0.1, 0.15) is 12.5 Å². The van der Waals surface area contributed by atoms with Crippen LogP contribution in [-0.4, -0.2) is 18.0 Å². The molecule has 0 bridgehead atoms. The Kier molecular flexibility index (Phi) is 3.55. The van der Waals surface area contributed by atoms with E-state index in [4.69, 9.17) is 0 Å². The summed E-state index contributed by atoms with van der Waals surface area (Å²) in [5.41, 5.74) is 0.713. The van der Waals surface area contributed by atoms with Crippen molar-refractivity contribution in [2.45, 2.75) is 6.92 Å². The molecule has 0 unspecified atom stereocenters. The van der Waals surface area contributed by atoms with E-state index >= 15 is 0 Å². The van der Waals surface area contributed by atoms with Gasteiger partial charge in [-0.2, -0.15) is 0 Å². The fraction of sp³-hybridized carbons (Fsp3) is 0.100. The Morgan fingerprint density at radius 2 is 2.00 bits per heavy atom. The highest BCUT2D eigenvalue weighted by Gasteiger charge is 2.02. The van der Waals surface area contributed by atoms with Gasteiger partial charge in [-0.15, -0.1) is 0 Å². The maximum absolute atomic E-state index is 10.6. The predicted octanol–water partition coefficient (Wildman–Crippen LogP) is 1.15. The second-order valence-corrected chi connectivity index (χ2v) is 2.54. The number of hydrogen-bond donors (Lipinski definition) is 0. The molecule has 0 radical (unpaired) electrons. The largest absolute Gasteiger partial charge is 0.332 e. The predicted molar refractivity (Wildman–Crippen MR) is 50.8 cm³/mol. The fourth-order valence-electron chi connectivity index (χ4n) is 0.865. The summed E-state index contributed by atoms with van der Waals surface area (Å²) in [6.07, 6.45) is 0.540. The molecule has 0 heterocycles. The molecule has 1 rings (SSSR count). The molecule has 1 aromatic rings. The number of aldehydes is 1. The van der Waals surface area contributed by atoms with Crippen LogP contribution in [-0.2, 0) is 14.4 Å². The lowest BCUT2D eigenvalue weighted by Crippen LogP contribution is -2.04. The van der Waals surface area contributed by atoms with Gasteiger partial charge >= 0.3 is 5.97 Å². The third-order valence-electron chi connectivity index (χ3n) is 1.45. The molecule has 0 fully saturated rings. The highest BCUT2D eigenvalue weighted by atomic mass is 16.7. The van der Waals surface area contributed by atoms with Gasteiger partial charge in [0, 0.05) is 12.5 Å². The van der Waals surface area contributed by atoms with Crippen molar-refractivity contribution in [2.75, 3.05) is 0 Å². The zero-order valence-corrected chi connectivity index (χ0v) is 7.64. The Morgan fingerprint density at radius 3 is 2.50 bits per heavy atom. The van der Waals surface area contributed by atoms with Gasteiger partial charge < -0.3 is 4.84 Å². The first kappa shape index (κ1) is 10.1. The van der Waals surface area contributed by atoms with Crippen LogP contribution in [0.4, 0.5) is 0 Å². The first-order valence-corrected chi connectivity index (χ1v) is 4.00. The Hall–Kier alpha value is -1.97. The summed E-state index contributed by atoms with van der Waals surface area (Å²) in [6.45, 7) is 1.22. The Balaban J connectivity index is 2.87. The summed E-state index contributed by atoms with van der Waals surface area (Å²) >= 11 is 0. The minimum atomic E-state index is -0.555. The Labute approximate surface area is 81.2 Å². The van der Waals surface area contributed by atoms with Gasteiger partial charge in [0.1, 0.15) is 5.71 Å². The zero-order chi connectivity index (χ0) is 10.4. The lowest BCUT2D eigenvalue weighted by Gasteiger charge is -1.97. The molecule has 0 aliphatic rings. The maximum Gasteiger partial charge on any atom is 0.332 e. The molecule has 0 saturated carbocycles. The molecule has 0 aliphatic heterocycles. The summed E-state index contributed by atoms with van der Waals surface area (Å²) in [6, 6.07) is 8.76. The van der Waals surface area contributed by atoms with Crippen LogP contribution >= 0.6 is 0 Å². The standard InChI is InChI=1S/C10H9NO3/c1-8(13)14-11-10(7-12)9-5-3-2-4-6-9/h2-7H,1H3. The van der Waals surface area contributed by atoms with E-state index in [0.717, 1.165) is 0 Å². The van der Waals surface area contributed by atoms with Crippen molar-refractivity contribution >= 4 is 18.0 Å². The summed E-state index contributed by atoms with van der Waals surface area (Å²) in [7, 11) is 0. The third kappa shape index (κ3) is 2.82. The molecular weight excluding hydrogens is 182 g/mol. The van der Waals surface area contributed by atoms with Crippen molar-refractivity contribution in [3.05, 3.63) is 35.9 Å². The van der Waals surface area contributed by atoms with Gasteiger partial charge in [0.25, 0.3) is 0 Å². The molecule has 14 heavy (non-hydrogen) atoms. The highest BCUT2D eigenvalue weighted by molar-refractivity contribution is 6.36. The van der Waals surface area contributed by atoms with Gasteiger partial charge in [0.05, 0.1) is 0 Å². The number of carbonyl (C=O) groups excluding carboxylic acids is 2. The number of hydrogen-bond acceptors (Lipinski definition) is 4. The second-order valence-electron chi connectivity index (χ2n) is 2.54. The van der Waals surface area contributed by atoms with Gasteiger partial charge in [-0.05, 0) is 0 Å². The van der Waals surface area contributed by atoms with E-state index in [1.807, 2.05) is 6.07 Å². The Bertz CT molecular complexity index is 357. The van der Waals surface area contributed by atoms with Crippen LogP contribution in [0.5, 0.6) is 0 Å². The molecule has 4 nitrogen and oxygen atoms in total. The van der Waals surface area contributed by atoms with Crippen molar-refractivity contribution in [3.8, 4) is 0 Å². The van der Waals surface area contributed by atoms with Crippen LogP contribution in [0.2, 0.25) is 0 Å². The molecule has 0 atom stereocenters. The smallest absolute Gasteiger partial charge is 0.318 e. The van der Waals surface area contributed by atoms with Gasteiger partial charge in [0.2, 0.25) is 0 Å². The maximum atomic E-state index is 10.6. The lowest BCUT2D eigenvalue weighted by atomic mass is 10.1. The summed E-state index contributed by atoms with van der Waals surface area (Å²) in [5, 5.41) is 3.41. The average Bonchev–Trinajstić information content (AvgIpc) is 2.20. The van der Waals surface area contributed by atoms with Crippen LogP contribution in [0.15, 0.2) is 35.5 Å². The van der Waals surface area contributed by atoms with Crippen molar-refractivity contribution in [3.63, 3.8) is 0 Å². The average molecular weight is 191 g/mol. The zero-order valence-electron chi connectivity index (χ0n) is 7.64. The molecule has 0 amide bonds. The summed E-state index contributed by atoms with van der Waals surface area (Å²) in [5.74, 6) is -0.555. The summed E-state index contributed by atoms with van der Waals surface area (Å²) < 4.78 is 0. The van der Waals surface area contributed by atoms with E-state index in [1.165, 1.54) is 6.92 Å². The van der Waals surface area contributed by atoms with Crippen LogP contribution in [0, 0.1) is 0 Å². The monoisotopic (exact) mass is 191 g/mol. The van der Waals surface area contributed by atoms with Crippen molar-refractivity contribution in [1.29, 1.82) is 0 Å². The van der Waals surface area contributed by atoms with Crippen LogP contribution < -0.4 is 0 Å². The van der Waals surface area contributed by atoms with Crippen LogP contribution in [0.25, 0.3) is 0 Å². The van der Waals surface area contributed by atoms with Crippen molar-refractivity contribution < 1.29 is 14.4 Å².